The smallest absolute Gasteiger partial charge is 0.168 e. The van der Waals surface area contributed by atoms with E-state index in [1.54, 1.807) is 0 Å². The SMILES string of the molecule is CC1CCC(C#N)(C2(O)CCC3(CC2)OCCO3)C1. The van der Waals surface area contributed by atoms with Crippen molar-refractivity contribution in [1.29, 1.82) is 5.26 Å². The summed E-state index contributed by atoms with van der Waals surface area (Å²) in [6, 6.07) is 2.47. The second kappa shape index (κ2) is 4.44. The lowest BCUT2D eigenvalue weighted by atomic mass is 9.63. The molecule has 3 rings (SSSR count). The lowest BCUT2D eigenvalue weighted by molar-refractivity contribution is -0.216. The van der Waals surface area contributed by atoms with Gasteiger partial charge in [-0.05, 0) is 38.0 Å². The van der Waals surface area contributed by atoms with Gasteiger partial charge in [-0.3, -0.25) is 0 Å². The molecular weight excluding hydrogens is 242 g/mol. The van der Waals surface area contributed by atoms with Gasteiger partial charge in [0.1, 0.15) is 0 Å². The number of ether oxygens (including phenoxy) is 2. The van der Waals surface area contributed by atoms with E-state index in [0.717, 1.165) is 19.3 Å². The summed E-state index contributed by atoms with van der Waals surface area (Å²) in [7, 11) is 0. The molecule has 2 aliphatic carbocycles. The van der Waals surface area contributed by atoms with Crippen LogP contribution < -0.4 is 0 Å². The molecule has 1 N–H and O–H groups in total. The predicted octanol–water partition coefficient (Wildman–Crippen LogP) is 2.36. The van der Waals surface area contributed by atoms with Crippen LogP contribution in [0.1, 0.15) is 51.9 Å². The van der Waals surface area contributed by atoms with Gasteiger partial charge in [0.15, 0.2) is 5.79 Å². The molecule has 0 bridgehead atoms. The minimum Gasteiger partial charge on any atom is -0.388 e. The minimum atomic E-state index is -0.854. The summed E-state index contributed by atoms with van der Waals surface area (Å²) in [4.78, 5) is 0. The molecule has 4 nitrogen and oxygen atoms in total. The van der Waals surface area contributed by atoms with Crippen molar-refractivity contribution in [3.8, 4) is 6.07 Å². The molecule has 106 valence electrons. The first-order chi connectivity index (χ1) is 9.03. The largest absolute Gasteiger partial charge is 0.388 e. The Morgan fingerprint density at radius 2 is 1.74 bits per heavy atom. The molecule has 2 unspecified atom stereocenters. The molecule has 1 heterocycles. The summed E-state index contributed by atoms with van der Waals surface area (Å²) in [6.07, 6.45) is 5.36. The molecule has 0 aromatic carbocycles. The lowest BCUT2D eigenvalue weighted by Gasteiger charge is -2.47. The first-order valence-electron chi connectivity index (χ1n) is 7.45. The summed E-state index contributed by atoms with van der Waals surface area (Å²) >= 11 is 0. The zero-order chi connectivity index (χ0) is 13.6. The average Bonchev–Trinajstić information content (AvgIpc) is 3.02. The topological polar surface area (TPSA) is 62.5 Å². The number of nitrogens with zero attached hydrogens (tertiary/aromatic N) is 1. The van der Waals surface area contributed by atoms with Crippen molar-refractivity contribution in [2.75, 3.05) is 13.2 Å². The van der Waals surface area contributed by atoms with E-state index in [2.05, 4.69) is 13.0 Å². The standard InChI is InChI=1S/C15H23NO3/c1-12-2-3-13(10-12,11-16)14(17)4-6-15(7-5-14)18-8-9-19-15/h12,17H,2-10H2,1H3. The van der Waals surface area contributed by atoms with Crippen molar-refractivity contribution in [2.24, 2.45) is 11.3 Å². The average molecular weight is 265 g/mol. The Hall–Kier alpha value is -0.630. The van der Waals surface area contributed by atoms with Gasteiger partial charge in [0.05, 0.1) is 30.3 Å². The number of aliphatic hydroxyl groups is 1. The summed E-state index contributed by atoms with van der Waals surface area (Å²) in [6.45, 7) is 3.48. The van der Waals surface area contributed by atoms with Crippen molar-refractivity contribution in [1.82, 2.24) is 0 Å². The molecule has 0 aromatic rings. The fourth-order valence-electron chi connectivity index (χ4n) is 4.23. The third-order valence-electron chi connectivity index (χ3n) is 5.52. The highest BCUT2D eigenvalue weighted by atomic mass is 16.7. The molecule has 1 spiro atoms. The van der Waals surface area contributed by atoms with Crippen molar-refractivity contribution in [3.05, 3.63) is 0 Å². The van der Waals surface area contributed by atoms with Gasteiger partial charge < -0.3 is 14.6 Å². The van der Waals surface area contributed by atoms with E-state index in [4.69, 9.17) is 9.47 Å². The Morgan fingerprint density at radius 1 is 1.11 bits per heavy atom. The third kappa shape index (κ3) is 1.99. The van der Waals surface area contributed by atoms with Gasteiger partial charge in [0.2, 0.25) is 0 Å². The number of rotatable bonds is 1. The first kappa shape index (κ1) is 13.4. The van der Waals surface area contributed by atoms with Crippen LogP contribution in [0.4, 0.5) is 0 Å². The van der Waals surface area contributed by atoms with Crippen molar-refractivity contribution in [2.45, 2.75) is 63.3 Å². The van der Waals surface area contributed by atoms with Crippen LogP contribution >= 0.6 is 0 Å². The fraction of sp³-hybridized carbons (Fsp3) is 0.933. The maximum Gasteiger partial charge on any atom is 0.168 e. The van der Waals surface area contributed by atoms with Crippen LogP contribution in [0.25, 0.3) is 0 Å². The Labute approximate surface area is 114 Å². The lowest BCUT2D eigenvalue weighted by Crippen LogP contribution is -2.52. The van der Waals surface area contributed by atoms with Crippen LogP contribution in [0.2, 0.25) is 0 Å². The number of hydrogen-bond acceptors (Lipinski definition) is 4. The summed E-state index contributed by atoms with van der Waals surface area (Å²) in [5, 5.41) is 20.7. The quantitative estimate of drug-likeness (QED) is 0.790. The Kier molecular flexibility index (Phi) is 3.12. The van der Waals surface area contributed by atoms with E-state index < -0.39 is 16.8 Å². The Balaban J connectivity index is 1.76. The summed E-state index contributed by atoms with van der Waals surface area (Å²) in [5.41, 5.74) is -1.40. The zero-order valence-electron chi connectivity index (χ0n) is 11.7. The maximum atomic E-state index is 11.0. The van der Waals surface area contributed by atoms with Gasteiger partial charge in [-0.1, -0.05) is 6.92 Å². The molecule has 4 heteroatoms. The summed E-state index contributed by atoms with van der Waals surface area (Å²) in [5.74, 6) is 0.0751. The van der Waals surface area contributed by atoms with Gasteiger partial charge in [0, 0.05) is 12.8 Å². The monoisotopic (exact) mass is 265 g/mol. The normalized spacial score (nSPS) is 40.4. The predicted molar refractivity (Wildman–Crippen MR) is 69.1 cm³/mol. The second-order valence-electron chi connectivity index (χ2n) is 6.68. The van der Waals surface area contributed by atoms with Gasteiger partial charge in [-0.2, -0.15) is 5.26 Å². The molecule has 2 atom stereocenters. The van der Waals surface area contributed by atoms with Crippen LogP contribution in [0, 0.1) is 22.7 Å². The van der Waals surface area contributed by atoms with Crippen LogP contribution in [-0.2, 0) is 9.47 Å². The van der Waals surface area contributed by atoms with Gasteiger partial charge in [0.25, 0.3) is 0 Å². The summed E-state index contributed by atoms with van der Waals surface area (Å²) < 4.78 is 11.4. The fourth-order valence-corrected chi connectivity index (χ4v) is 4.23. The molecule has 3 fully saturated rings. The van der Waals surface area contributed by atoms with Gasteiger partial charge in [-0.25, -0.2) is 0 Å². The molecule has 1 aliphatic heterocycles. The van der Waals surface area contributed by atoms with Gasteiger partial charge in [-0.15, -0.1) is 0 Å². The molecular formula is C15H23NO3. The van der Waals surface area contributed by atoms with Crippen molar-refractivity contribution < 1.29 is 14.6 Å². The second-order valence-corrected chi connectivity index (χ2v) is 6.68. The highest BCUT2D eigenvalue weighted by Crippen LogP contribution is 2.55. The van der Waals surface area contributed by atoms with Gasteiger partial charge >= 0.3 is 0 Å². The highest BCUT2D eigenvalue weighted by molar-refractivity contribution is 5.16. The van der Waals surface area contributed by atoms with Crippen LogP contribution in [0.5, 0.6) is 0 Å². The number of nitriles is 1. The van der Waals surface area contributed by atoms with E-state index in [-0.39, 0.29) is 0 Å². The van der Waals surface area contributed by atoms with E-state index in [1.165, 1.54) is 0 Å². The van der Waals surface area contributed by atoms with Crippen LogP contribution in [-0.4, -0.2) is 29.7 Å². The van der Waals surface area contributed by atoms with Crippen molar-refractivity contribution >= 4 is 0 Å². The molecule has 1 saturated heterocycles. The van der Waals surface area contributed by atoms with E-state index in [0.29, 0.717) is 44.8 Å². The molecule has 3 aliphatic rings. The third-order valence-corrected chi connectivity index (χ3v) is 5.52. The van der Waals surface area contributed by atoms with Crippen LogP contribution in [0.15, 0.2) is 0 Å². The molecule has 19 heavy (non-hydrogen) atoms. The zero-order valence-corrected chi connectivity index (χ0v) is 11.7. The Morgan fingerprint density at radius 3 is 2.21 bits per heavy atom. The van der Waals surface area contributed by atoms with E-state index in [1.807, 2.05) is 0 Å². The first-order valence-corrected chi connectivity index (χ1v) is 7.45. The maximum absolute atomic E-state index is 11.0. The molecule has 0 radical (unpaired) electrons. The minimum absolute atomic E-state index is 0.465. The highest BCUT2D eigenvalue weighted by Gasteiger charge is 2.57. The molecule has 0 aromatic heterocycles. The number of hydrogen-bond donors (Lipinski definition) is 1. The molecule has 2 saturated carbocycles. The Bertz CT molecular complexity index is 387. The van der Waals surface area contributed by atoms with Crippen LogP contribution in [0.3, 0.4) is 0 Å². The van der Waals surface area contributed by atoms with Crippen molar-refractivity contribution in [3.63, 3.8) is 0 Å². The van der Waals surface area contributed by atoms with E-state index in [9.17, 15) is 10.4 Å². The molecule has 0 amide bonds. The van der Waals surface area contributed by atoms with E-state index >= 15 is 0 Å².